The summed E-state index contributed by atoms with van der Waals surface area (Å²) in [4.78, 5) is 57.9. The van der Waals surface area contributed by atoms with Crippen LogP contribution in [0.3, 0.4) is 0 Å². The van der Waals surface area contributed by atoms with Gasteiger partial charge in [0.25, 0.3) is 0 Å². The molecule has 0 amide bonds. The van der Waals surface area contributed by atoms with Crippen LogP contribution in [0.1, 0.15) is 12.8 Å². The van der Waals surface area contributed by atoms with Crippen LogP contribution < -0.4 is 0 Å². The number of hydrogen-bond acceptors (Lipinski definition) is 8. The van der Waals surface area contributed by atoms with Gasteiger partial charge in [-0.25, -0.2) is 19.2 Å². The highest BCUT2D eigenvalue weighted by atomic mass is 16.4. The summed E-state index contributed by atoms with van der Waals surface area (Å²) in [5.74, 6) is -8.20. The van der Waals surface area contributed by atoms with Gasteiger partial charge in [0.05, 0.1) is 12.8 Å². The maximum Gasteiger partial charge on any atom is 0.335 e. The molecule has 0 aromatic rings. The van der Waals surface area contributed by atoms with E-state index in [1.54, 1.807) is 0 Å². The first-order chi connectivity index (χ1) is 11.7. The fraction of sp³-hybridized carbons (Fsp3) is 0.333. The number of carboxylic acids is 6. The van der Waals surface area contributed by atoms with Crippen molar-refractivity contribution < 1.29 is 69.6 Å². The summed E-state index contributed by atoms with van der Waals surface area (Å²) >= 11 is 0. The fourth-order valence-electron chi connectivity index (χ4n) is 0.627. The number of rotatable bonds is 8. The lowest BCUT2D eigenvalue weighted by molar-refractivity contribution is -0.165. The molecule has 0 rings (SSSR count). The van der Waals surface area contributed by atoms with Gasteiger partial charge >= 0.3 is 35.8 Å². The Morgan fingerprint density at radius 1 is 0.577 bits per heavy atom. The second-order valence-electron chi connectivity index (χ2n) is 3.86. The highest BCUT2D eigenvalue weighted by Crippen LogP contribution is 1.92. The maximum absolute atomic E-state index is 9.77. The molecule has 0 aliphatic carbocycles. The Kier molecular flexibility index (Phi) is 15.8. The molecule has 0 saturated heterocycles. The van der Waals surface area contributed by atoms with E-state index in [0.717, 1.165) is 0 Å². The van der Waals surface area contributed by atoms with Crippen molar-refractivity contribution in [3.63, 3.8) is 0 Å². The molecule has 0 aliphatic heterocycles. The molecule has 14 heteroatoms. The topological polar surface area (TPSA) is 264 Å². The molecule has 0 aromatic heterocycles. The SMILES string of the molecule is O=C(O)/C=C\C(=O)O.O=C(O)C(O)C(O)C(=O)O.O=C(O)CCC(=O)O. The van der Waals surface area contributed by atoms with Crippen LogP contribution in [0.4, 0.5) is 0 Å². The summed E-state index contributed by atoms with van der Waals surface area (Å²) in [6.45, 7) is 0. The summed E-state index contributed by atoms with van der Waals surface area (Å²) in [6, 6.07) is 0. The Labute approximate surface area is 143 Å². The van der Waals surface area contributed by atoms with Crippen LogP contribution in [-0.2, 0) is 28.8 Å². The van der Waals surface area contributed by atoms with Gasteiger partial charge in [-0.2, -0.15) is 0 Å². The molecule has 14 nitrogen and oxygen atoms in total. The third kappa shape index (κ3) is 22.8. The predicted molar refractivity (Wildman–Crippen MR) is 76.2 cm³/mol. The van der Waals surface area contributed by atoms with Gasteiger partial charge in [0, 0.05) is 12.2 Å². The van der Waals surface area contributed by atoms with Crippen LogP contribution in [0.25, 0.3) is 0 Å². The van der Waals surface area contributed by atoms with E-state index in [0.29, 0.717) is 12.2 Å². The lowest BCUT2D eigenvalue weighted by atomic mass is 10.2. The van der Waals surface area contributed by atoms with E-state index in [4.69, 9.17) is 40.9 Å². The largest absolute Gasteiger partial charge is 0.481 e. The number of aliphatic hydroxyl groups excluding tert-OH is 2. The Morgan fingerprint density at radius 2 is 0.808 bits per heavy atom. The van der Waals surface area contributed by atoms with Crippen LogP contribution >= 0.6 is 0 Å². The van der Waals surface area contributed by atoms with Crippen molar-refractivity contribution in [2.24, 2.45) is 0 Å². The van der Waals surface area contributed by atoms with Gasteiger partial charge in [0.1, 0.15) is 0 Å². The van der Waals surface area contributed by atoms with Gasteiger partial charge in [-0.05, 0) is 0 Å². The van der Waals surface area contributed by atoms with Crippen LogP contribution in [-0.4, -0.2) is 88.9 Å². The lowest BCUT2D eigenvalue weighted by Gasteiger charge is -2.07. The van der Waals surface area contributed by atoms with Crippen molar-refractivity contribution in [1.82, 2.24) is 0 Å². The summed E-state index contributed by atoms with van der Waals surface area (Å²) in [6.07, 6.45) is -4.01. The summed E-state index contributed by atoms with van der Waals surface area (Å²) < 4.78 is 0. The number of aliphatic carboxylic acids is 6. The summed E-state index contributed by atoms with van der Waals surface area (Å²) in [7, 11) is 0. The molecule has 2 unspecified atom stereocenters. The Morgan fingerprint density at radius 3 is 0.923 bits per heavy atom. The van der Waals surface area contributed by atoms with E-state index in [-0.39, 0.29) is 12.8 Å². The van der Waals surface area contributed by atoms with Gasteiger partial charge in [0.15, 0.2) is 12.2 Å². The molecule has 8 N–H and O–H groups in total. The number of aliphatic hydroxyl groups is 2. The van der Waals surface area contributed by atoms with Gasteiger partial charge in [0.2, 0.25) is 0 Å². The van der Waals surface area contributed by atoms with Gasteiger partial charge in [-0.1, -0.05) is 0 Å². The van der Waals surface area contributed by atoms with Gasteiger partial charge in [-0.15, -0.1) is 0 Å². The minimum absolute atomic E-state index is 0.296. The van der Waals surface area contributed by atoms with Crippen LogP contribution in [0.15, 0.2) is 12.2 Å². The molecule has 0 saturated carbocycles. The van der Waals surface area contributed by atoms with E-state index < -0.39 is 48.0 Å². The number of hydrogen-bond donors (Lipinski definition) is 8. The van der Waals surface area contributed by atoms with Crippen molar-refractivity contribution in [3.8, 4) is 0 Å². The summed E-state index contributed by atoms with van der Waals surface area (Å²) in [5.41, 5.74) is 0. The molecule has 2 atom stereocenters. The van der Waals surface area contributed by atoms with E-state index >= 15 is 0 Å². The van der Waals surface area contributed by atoms with E-state index in [1.807, 2.05) is 0 Å². The zero-order valence-corrected chi connectivity index (χ0v) is 12.8. The highest BCUT2D eigenvalue weighted by Gasteiger charge is 2.29. The third-order valence-electron chi connectivity index (χ3n) is 1.73. The molecule has 0 spiro atoms. The monoisotopic (exact) mass is 384 g/mol. The van der Waals surface area contributed by atoms with Gasteiger partial charge in [-0.3, -0.25) is 9.59 Å². The highest BCUT2D eigenvalue weighted by molar-refractivity contribution is 5.89. The van der Waals surface area contributed by atoms with Crippen LogP contribution in [0.5, 0.6) is 0 Å². The molecule has 0 fully saturated rings. The standard InChI is InChI=1S/C4H6O6.C4H6O4.C4H4O4/c5-1(3(7)8)2(6)4(9)10;2*5-3(6)1-2-4(7)8/h1-2,5-6H,(H,7,8)(H,9,10);1-2H2,(H,5,6)(H,7,8);1-2H,(H,5,6)(H,7,8)/b;;2-1-. The van der Waals surface area contributed by atoms with E-state index in [9.17, 15) is 28.8 Å². The smallest absolute Gasteiger partial charge is 0.335 e. The number of carbonyl (C=O) groups is 6. The maximum atomic E-state index is 9.77. The summed E-state index contributed by atoms with van der Waals surface area (Å²) in [5, 5.41) is 63.9. The fourth-order valence-corrected chi connectivity index (χ4v) is 0.627. The lowest BCUT2D eigenvalue weighted by Crippen LogP contribution is -2.39. The minimum Gasteiger partial charge on any atom is -0.481 e. The van der Waals surface area contributed by atoms with Crippen molar-refractivity contribution in [3.05, 3.63) is 12.2 Å². The molecular weight excluding hydrogens is 368 g/mol. The molecule has 26 heavy (non-hydrogen) atoms. The normalized spacial score (nSPS) is 11.6. The predicted octanol–water partition coefficient (Wildman–Crippen LogP) is -2.47. The average Bonchev–Trinajstić information content (AvgIpc) is 2.50. The van der Waals surface area contributed by atoms with Crippen molar-refractivity contribution in [2.75, 3.05) is 0 Å². The second kappa shape index (κ2) is 15.0. The average molecular weight is 384 g/mol. The van der Waals surface area contributed by atoms with E-state index in [1.165, 1.54) is 0 Å². The minimum atomic E-state index is -2.27. The van der Waals surface area contributed by atoms with Crippen molar-refractivity contribution in [1.29, 1.82) is 0 Å². The molecule has 0 radical (unpaired) electrons. The second-order valence-corrected chi connectivity index (χ2v) is 3.86. The molecular formula is C12H16O14. The Bertz CT molecular complexity index is 500. The zero-order valence-electron chi connectivity index (χ0n) is 12.8. The molecule has 148 valence electrons. The zero-order chi connectivity index (χ0) is 21.4. The number of carboxylic acid groups (broad SMARTS) is 6. The van der Waals surface area contributed by atoms with Crippen LogP contribution in [0, 0.1) is 0 Å². The first kappa shape index (κ1) is 27.3. The Hall–Kier alpha value is -3.52. The molecule has 0 aliphatic rings. The third-order valence-corrected chi connectivity index (χ3v) is 1.73. The molecule has 0 bridgehead atoms. The van der Waals surface area contributed by atoms with Crippen LogP contribution in [0.2, 0.25) is 0 Å². The quantitative estimate of drug-likeness (QED) is 0.201. The van der Waals surface area contributed by atoms with Crippen molar-refractivity contribution in [2.45, 2.75) is 25.0 Å². The molecule has 0 heterocycles. The first-order valence-corrected chi connectivity index (χ1v) is 6.11. The van der Waals surface area contributed by atoms with Gasteiger partial charge < -0.3 is 40.9 Å². The first-order valence-electron chi connectivity index (χ1n) is 6.11. The van der Waals surface area contributed by atoms with Crippen molar-refractivity contribution >= 4 is 35.8 Å². The molecule has 0 aromatic carbocycles. The Balaban J connectivity index is -0.000000308. The van der Waals surface area contributed by atoms with E-state index in [2.05, 4.69) is 0 Å².